The number of benzene rings is 1. The third-order valence-corrected chi connectivity index (χ3v) is 2.71. The summed E-state index contributed by atoms with van der Waals surface area (Å²) in [5.41, 5.74) is 9.14. The maximum Gasteiger partial charge on any atom is 0.123 e. The first-order chi connectivity index (χ1) is 9.28. The summed E-state index contributed by atoms with van der Waals surface area (Å²) in [4.78, 5) is 4.28. The number of nitrogen functional groups attached to an aromatic ring is 1. The van der Waals surface area contributed by atoms with Gasteiger partial charge in [-0.15, -0.1) is 0 Å². The van der Waals surface area contributed by atoms with Crippen LogP contribution in [-0.4, -0.2) is 4.98 Å². The Morgan fingerprint density at radius 3 is 2.32 bits per heavy atom. The summed E-state index contributed by atoms with van der Waals surface area (Å²) in [6.07, 6.45) is 3.75. The SMILES string of the molecule is C=Cc1ccc(CCc2cccc(N)n2)cc1.CC. The van der Waals surface area contributed by atoms with Gasteiger partial charge in [-0.3, -0.25) is 0 Å². The van der Waals surface area contributed by atoms with Crippen molar-refractivity contribution in [2.45, 2.75) is 26.7 Å². The Morgan fingerprint density at radius 1 is 1.05 bits per heavy atom. The average molecular weight is 254 g/mol. The molecule has 19 heavy (non-hydrogen) atoms. The fraction of sp³-hybridized carbons (Fsp3) is 0.235. The standard InChI is InChI=1S/C15H16N2.C2H6/c1-2-12-6-8-13(9-7-12)10-11-14-4-3-5-15(16)17-14;1-2/h2-9H,1,10-11H2,(H2,16,17);1-2H3. The highest BCUT2D eigenvalue weighted by molar-refractivity contribution is 5.47. The summed E-state index contributed by atoms with van der Waals surface area (Å²) >= 11 is 0. The van der Waals surface area contributed by atoms with Gasteiger partial charge >= 0.3 is 0 Å². The van der Waals surface area contributed by atoms with Gasteiger partial charge in [0, 0.05) is 5.69 Å². The van der Waals surface area contributed by atoms with Crippen LogP contribution in [0, 0.1) is 0 Å². The van der Waals surface area contributed by atoms with Crippen LogP contribution in [0.4, 0.5) is 5.82 Å². The van der Waals surface area contributed by atoms with Crippen LogP contribution >= 0.6 is 0 Å². The number of aryl methyl sites for hydroxylation is 2. The largest absolute Gasteiger partial charge is 0.384 e. The Morgan fingerprint density at radius 2 is 1.74 bits per heavy atom. The van der Waals surface area contributed by atoms with E-state index in [1.54, 1.807) is 0 Å². The molecule has 2 N–H and O–H groups in total. The van der Waals surface area contributed by atoms with Gasteiger partial charge in [-0.1, -0.05) is 56.8 Å². The molecule has 0 saturated carbocycles. The molecule has 1 heterocycles. The van der Waals surface area contributed by atoms with Gasteiger partial charge in [0.2, 0.25) is 0 Å². The number of pyridine rings is 1. The van der Waals surface area contributed by atoms with Gasteiger partial charge in [0.1, 0.15) is 5.82 Å². The molecular weight excluding hydrogens is 232 g/mol. The van der Waals surface area contributed by atoms with Crippen LogP contribution in [0.3, 0.4) is 0 Å². The van der Waals surface area contributed by atoms with E-state index < -0.39 is 0 Å². The van der Waals surface area contributed by atoms with Gasteiger partial charge < -0.3 is 5.73 Å². The van der Waals surface area contributed by atoms with E-state index in [1.807, 2.05) is 38.1 Å². The molecule has 0 radical (unpaired) electrons. The molecule has 0 atom stereocenters. The fourth-order valence-corrected chi connectivity index (χ4v) is 1.73. The van der Waals surface area contributed by atoms with E-state index in [9.17, 15) is 0 Å². The Balaban J connectivity index is 0.000000861. The van der Waals surface area contributed by atoms with Crippen molar-refractivity contribution in [3.63, 3.8) is 0 Å². The number of hydrogen-bond donors (Lipinski definition) is 1. The highest BCUT2D eigenvalue weighted by Crippen LogP contribution is 2.09. The van der Waals surface area contributed by atoms with Gasteiger partial charge in [-0.05, 0) is 36.1 Å². The zero-order chi connectivity index (χ0) is 14.1. The summed E-state index contributed by atoms with van der Waals surface area (Å²) < 4.78 is 0. The molecule has 1 aromatic heterocycles. The molecule has 0 aliphatic heterocycles. The number of nitrogens with two attached hydrogens (primary N) is 1. The second-order valence-corrected chi connectivity index (χ2v) is 4.00. The molecule has 0 aliphatic carbocycles. The zero-order valence-electron chi connectivity index (χ0n) is 11.8. The molecule has 0 amide bonds. The van der Waals surface area contributed by atoms with Crippen LogP contribution in [0.5, 0.6) is 0 Å². The Bertz CT molecular complexity index is 501. The van der Waals surface area contributed by atoms with Crippen molar-refractivity contribution < 1.29 is 0 Å². The molecule has 0 spiro atoms. The summed E-state index contributed by atoms with van der Waals surface area (Å²) in [6, 6.07) is 14.2. The molecule has 0 bridgehead atoms. The van der Waals surface area contributed by atoms with Crippen molar-refractivity contribution in [1.29, 1.82) is 0 Å². The van der Waals surface area contributed by atoms with E-state index in [0.717, 1.165) is 24.1 Å². The second kappa shape index (κ2) is 8.09. The number of rotatable bonds is 4. The lowest BCUT2D eigenvalue weighted by Gasteiger charge is -2.03. The predicted molar refractivity (Wildman–Crippen MR) is 83.9 cm³/mol. The van der Waals surface area contributed by atoms with Crippen molar-refractivity contribution >= 4 is 11.9 Å². The maximum atomic E-state index is 5.64. The first-order valence-corrected chi connectivity index (χ1v) is 6.71. The smallest absolute Gasteiger partial charge is 0.123 e. The van der Waals surface area contributed by atoms with E-state index in [4.69, 9.17) is 5.73 Å². The number of hydrogen-bond acceptors (Lipinski definition) is 2. The lowest BCUT2D eigenvalue weighted by atomic mass is 10.1. The molecule has 100 valence electrons. The molecule has 0 fully saturated rings. The zero-order valence-corrected chi connectivity index (χ0v) is 11.8. The highest BCUT2D eigenvalue weighted by atomic mass is 14.8. The first kappa shape index (κ1) is 15.0. The fourth-order valence-electron chi connectivity index (χ4n) is 1.73. The van der Waals surface area contributed by atoms with Crippen molar-refractivity contribution in [2.24, 2.45) is 0 Å². The minimum absolute atomic E-state index is 0.588. The molecule has 2 rings (SSSR count). The number of anilines is 1. The second-order valence-electron chi connectivity index (χ2n) is 4.00. The minimum Gasteiger partial charge on any atom is -0.384 e. The molecular formula is C17H22N2. The lowest BCUT2D eigenvalue weighted by Crippen LogP contribution is -1.97. The molecule has 0 aliphatic rings. The van der Waals surface area contributed by atoms with Gasteiger partial charge in [0.15, 0.2) is 0 Å². The summed E-state index contributed by atoms with van der Waals surface area (Å²) in [7, 11) is 0. The maximum absolute atomic E-state index is 5.64. The molecule has 0 saturated heterocycles. The van der Waals surface area contributed by atoms with Crippen LogP contribution in [0.15, 0.2) is 49.0 Å². The van der Waals surface area contributed by atoms with Crippen LogP contribution in [0.2, 0.25) is 0 Å². The number of nitrogens with zero attached hydrogens (tertiary/aromatic N) is 1. The van der Waals surface area contributed by atoms with E-state index in [1.165, 1.54) is 5.56 Å². The highest BCUT2D eigenvalue weighted by Gasteiger charge is 1.97. The third-order valence-electron chi connectivity index (χ3n) is 2.71. The van der Waals surface area contributed by atoms with Crippen molar-refractivity contribution in [1.82, 2.24) is 4.98 Å². The minimum atomic E-state index is 0.588. The van der Waals surface area contributed by atoms with Crippen LogP contribution in [0.25, 0.3) is 6.08 Å². The van der Waals surface area contributed by atoms with Crippen molar-refractivity contribution in [3.8, 4) is 0 Å². The van der Waals surface area contributed by atoms with Crippen LogP contribution < -0.4 is 5.73 Å². The monoisotopic (exact) mass is 254 g/mol. The molecule has 2 aromatic rings. The van der Waals surface area contributed by atoms with Crippen LogP contribution in [-0.2, 0) is 12.8 Å². The Kier molecular flexibility index (Phi) is 6.37. The third kappa shape index (κ3) is 4.96. The Hall–Kier alpha value is -2.09. The quantitative estimate of drug-likeness (QED) is 0.891. The Labute approximate surface area is 116 Å². The predicted octanol–water partition coefficient (Wildman–Crippen LogP) is 4.12. The summed E-state index contributed by atoms with van der Waals surface area (Å²) in [5, 5.41) is 0. The van der Waals surface area contributed by atoms with Gasteiger partial charge in [-0.2, -0.15) is 0 Å². The average Bonchev–Trinajstić information content (AvgIpc) is 2.48. The molecule has 2 heteroatoms. The first-order valence-electron chi connectivity index (χ1n) is 6.71. The van der Waals surface area contributed by atoms with E-state index in [0.29, 0.717) is 5.82 Å². The topological polar surface area (TPSA) is 38.9 Å². The van der Waals surface area contributed by atoms with E-state index in [-0.39, 0.29) is 0 Å². The summed E-state index contributed by atoms with van der Waals surface area (Å²) in [5.74, 6) is 0.588. The number of aromatic nitrogens is 1. The normalized spacial score (nSPS) is 9.37. The van der Waals surface area contributed by atoms with Crippen molar-refractivity contribution in [3.05, 3.63) is 65.9 Å². The van der Waals surface area contributed by atoms with Gasteiger partial charge in [0.25, 0.3) is 0 Å². The van der Waals surface area contributed by atoms with Gasteiger partial charge in [-0.25, -0.2) is 4.98 Å². The van der Waals surface area contributed by atoms with Crippen LogP contribution in [0.1, 0.15) is 30.7 Å². The molecule has 2 nitrogen and oxygen atoms in total. The lowest BCUT2D eigenvalue weighted by molar-refractivity contribution is 0.916. The molecule has 1 aromatic carbocycles. The van der Waals surface area contributed by atoms with E-state index in [2.05, 4.69) is 35.8 Å². The van der Waals surface area contributed by atoms with E-state index >= 15 is 0 Å². The molecule has 0 unspecified atom stereocenters. The van der Waals surface area contributed by atoms with Gasteiger partial charge in [0.05, 0.1) is 0 Å². The summed E-state index contributed by atoms with van der Waals surface area (Å²) in [6.45, 7) is 7.74. The van der Waals surface area contributed by atoms with Crippen molar-refractivity contribution in [2.75, 3.05) is 5.73 Å².